The van der Waals surface area contributed by atoms with Crippen LogP contribution in [0.15, 0.2) is 48.0 Å². The van der Waals surface area contributed by atoms with Crippen molar-refractivity contribution >= 4 is 52.5 Å². The van der Waals surface area contributed by atoms with Gasteiger partial charge in [-0.15, -0.1) is 0 Å². The SMILES string of the molecule is N#C/C(=C\c1ccc(Cl)c(Cl)c1)C(=O)Nc1ccc(Cl)cc1. The zero-order valence-corrected chi connectivity index (χ0v) is 13.4. The maximum Gasteiger partial charge on any atom is 0.266 e. The number of hydrogen-bond acceptors (Lipinski definition) is 2. The van der Waals surface area contributed by atoms with Gasteiger partial charge >= 0.3 is 0 Å². The van der Waals surface area contributed by atoms with Gasteiger partial charge in [0.05, 0.1) is 10.0 Å². The van der Waals surface area contributed by atoms with Crippen LogP contribution in [-0.4, -0.2) is 5.91 Å². The average Bonchev–Trinajstić information content (AvgIpc) is 2.50. The molecule has 0 atom stereocenters. The lowest BCUT2D eigenvalue weighted by atomic mass is 10.1. The summed E-state index contributed by atoms with van der Waals surface area (Å²) in [4.78, 5) is 12.1. The third-order valence-corrected chi connectivity index (χ3v) is 3.71. The first-order chi connectivity index (χ1) is 10.5. The molecule has 6 heteroatoms. The Morgan fingerprint density at radius 1 is 1.05 bits per heavy atom. The molecule has 110 valence electrons. The number of carbonyl (C=O) groups is 1. The summed E-state index contributed by atoms with van der Waals surface area (Å²) < 4.78 is 0. The van der Waals surface area contributed by atoms with E-state index in [-0.39, 0.29) is 5.57 Å². The van der Waals surface area contributed by atoms with E-state index in [0.717, 1.165) is 0 Å². The Morgan fingerprint density at radius 2 is 1.73 bits per heavy atom. The molecule has 0 saturated heterocycles. The van der Waals surface area contributed by atoms with Crippen molar-refractivity contribution in [3.63, 3.8) is 0 Å². The fourth-order valence-electron chi connectivity index (χ4n) is 1.65. The number of halogens is 3. The van der Waals surface area contributed by atoms with Crippen molar-refractivity contribution < 1.29 is 4.79 Å². The lowest BCUT2D eigenvalue weighted by Crippen LogP contribution is -2.13. The quantitative estimate of drug-likeness (QED) is 0.611. The number of nitriles is 1. The summed E-state index contributed by atoms with van der Waals surface area (Å²) in [7, 11) is 0. The Balaban J connectivity index is 2.21. The highest BCUT2D eigenvalue weighted by Crippen LogP contribution is 2.24. The maximum atomic E-state index is 12.1. The van der Waals surface area contributed by atoms with Gasteiger partial charge in [0.25, 0.3) is 5.91 Å². The van der Waals surface area contributed by atoms with Gasteiger partial charge in [-0.05, 0) is 48.0 Å². The van der Waals surface area contributed by atoms with Gasteiger partial charge in [-0.25, -0.2) is 0 Å². The van der Waals surface area contributed by atoms with E-state index in [1.54, 1.807) is 42.5 Å². The second-order valence-corrected chi connectivity index (χ2v) is 5.56. The predicted octanol–water partition coefficient (Wildman–Crippen LogP) is 5.19. The van der Waals surface area contributed by atoms with Crippen LogP contribution >= 0.6 is 34.8 Å². The molecule has 0 fully saturated rings. The van der Waals surface area contributed by atoms with Gasteiger partial charge in [0, 0.05) is 10.7 Å². The second-order valence-electron chi connectivity index (χ2n) is 4.30. The molecule has 22 heavy (non-hydrogen) atoms. The second kappa shape index (κ2) is 7.33. The molecule has 0 bridgehead atoms. The molecule has 1 N–H and O–H groups in total. The van der Waals surface area contributed by atoms with Crippen LogP contribution in [0.1, 0.15) is 5.56 Å². The summed E-state index contributed by atoms with van der Waals surface area (Å²) in [6.45, 7) is 0. The number of benzene rings is 2. The largest absolute Gasteiger partial charge is 0.321 e. The summed E-state index contributed by atoms with van der Waals surface area (Å²) in [6, 6.07) is 13.3. The minimum atomic E-state index is -0.518. The van der Waals surface area contributed by atoms with E-state index in [9.17, 15) is 4.79 Å². The normalized spacial score (nSPS) is 10.9. The first kappa shape index (κ1) is 16.4. The molecule has 0 aliphatic rings. The molecule has 3 nitrogen and oxygen atoms in total. The Kier molecular flexibility index (Phi) is 5.46. The molecule has 2 aromatic rings. The topological polar surface area (TPSA) is 52.9 Å². The van der Waals surface area contributed by atoms with Crippen molar-refractivity contribution in [2.24, 2.45) is 0 Å². The predicted molar refractivity (Wildman–Crippen MR) is 90.1 cm³/mol. The number of anilines is 1. The van der Waals surface area contributed by atoms with Crippen LogP contribution in [0.2, 0.25) is 15.1 Å². The van der Waals surface area contributed by atoms with Crippen molar-refractivity contribution in [2.45, 2.75) is 0 Å². The number of nitrogens with zero attached hydrogens (tertiary/aromatic N) is 1. The minimum absolute atomic E-state index is 0.0478. The highest BCUT2D eigenvalue weighted by molar-refractivity contribution is 6.42. The standard InChI is InChI=1S/C16H9Cl3N2O/c17-12-2-4-13(5-3-12)21-16(22)11(9-20)7-10-1-6-14(18)15(19)8-10/h1-8H,(H,21,22)/b11-7+. The van der Waals surface area contributed by atoms with E-state index in [2.05, 4.69) is 5.32 Å². The van der Waals surface area contributed by atoms with Crippen molar-refractivity contribution in [1.82, 2.24) is 0 Å². The molecular formula is C16H9Cl3N2O. The van der Waals surface area contributed by atoms with Crippen LogP contribution in [0.3, 0.4) is 0 Å². The van der Waals surface area contributed by atoms with Gasteiger partial charge in [0.15, 0.2) is 0 Å². The summed E-state index contributed by atoms with van der Waals surface area (Å²) in [6.07, 6.45) is 1.44. The number of hydrogen-bond donors (Lipinski definition) is 1. The Hall–Kier alpha value is -1.99. The smallest absolute Gasteiger partial charge is 0.266 e. The summed E-state index contributed by atoms with van der Waals surface area (Å²) in [5, 5.41) is 13.1. The molecule has 0 heterocycles. The molecule has 0 aliphatic carbocycles. The van der Waals surface area contributed by atoms with Crippen LogP contribution in [0.4, 0.5) is 5.69 Å². The molecule has 0 radical (unpaired) electrons. The van der Waals surface area contributed by atoms with Gasteiger partial charge in [-0.3, -0.25) is 4.79 Å². The Labute approximate surface area is 142 Å². The zero-order valence-electron chi connectivity index (χ0n) is 11.1. The van der Waals surface area contributed by atoms with Gasteiger partial charge < -0.3 is 5.32 Å². The van der Waals surface area contributed by atoms with E-state index < -0.39 is 5.91 Å². The molecule has 0 unspecified atom stereocenters. The maximum absolute atomic E-state index is 12.1. The molecule has 0 aromatic heterocycles. The van der Waals surface area contributed by atoms with E-state index in [1.807, 2.05) is 6.07 Å². The van der Waals surface area contributed by atoms with Crippen LogP contribution in [0.25, 0.3) is 6.08 Å². The number of carbonyl (C=O) groups excluding carboxylic acids is 1. The van der Waals surface area contributed by atoms with Crippen LogP contribution in [-0.2, 0) is 4.79 Å². The van der Waals surface area contributed by atoms with Gasteiger partial charge in [-0.2, -0.15) is 5.26 Å². The monoisotopic (exact) mass is 350 g/mol. The molecular weight excluding hydrogens is 343 g/mol. The average molecular weight is 352 g/mol. The molecule has 0 aliphatic heterocycles. The first-order valence-corrected chi connectivity index (χ1v) is 7.27. The van der Waals surface area contributed by atoms with Gasteiger partial charge in [-0.1, -0.05) is 40.9 Å². The molecule has 2 rings (SSSR count). The number of nitrogens with one attached hydrogen (secondary N) is 1. The number of amides is 1. The molecule has 2 aromatic carbocycles. The highest BCUT2D eigenvalue weighted by Gasteiger charge is 2.10. The summed E-state index contributed by atoms with van der Waals surface area (Å²) in [5.41, 5.74) is 1.11. The summed E-state index contributed by atoms with van der Waals surface area (Å²) >= 11 is 17.5. The van der Waals surface area contributed by atoms with E-state index in [0.29, 0.717) is 26.3 Å². The number of rotatable bonds is 3. The Bertz CT molecular complexity index is 777. The van der Waals surface area contributed by atoms with Crippen molar-refractivity contribution in [3.8, 4) is 6.07 Å². The zero-order chi connectivity index (χ0) is 16.1. The third kappa shape index (κ3) is 4.25. The van der Waals surface area contributed by atoms with Crippen molar-refractivity contribution in [1.29, 1.82) is 5.26 Å². The first-order valence-electron chi connectivity index (χ1n) is 6.13. The van der Waals surface area contributed by atoms with E-state index >= 15 is 0 Å². The fourth-order valence-corrected chi connectivity index (χ4v) is 2.08. The summed E-state index contributed by atoms with van der Waals surface area (Å²) in [5.74, 6) is -0.518. The third-order valence-electron chi connectivity index (χ3n) is 2.72. The van der Waals surface area contributed by atoms with E-state index in [4.69, 9.17) is 40.1 Å². The van der Waals surface area contributed by atoms with Gasteiger partial charge in [0.2, 0.25) is 0 Å². The molecule has 0 spiro atoms. The molecule has 1 amide bonds. The lowest BCUT2D eigenvalue weighted by Gasteiger charge is -2.04. The van der Waals surface area contributed by atoms with Crippen molar-refractivity contribution in [3.05, 3.63) is 68.7 Å². The van der Waals surface area contributed by atoms with Crippen LogP contribution < -0.4 is 5.32 Å². The fraction of sp³-hybridized carbons (Fsp3) is 0. The van der Waals surface area contributed by atoms with E-state index in [1.165, 1.54) is 6.08 Å². The molecule has 0 saturated carbocycles. The van der Waals surface area contributed by atoms with Crippen LogP contribution in [0, 0.1) is 11.3 Å². The minimum Gasteiger partial charge on any atom is -0.321 e. The van der Waals surface area contributed by atoms with Crippen molar-refractivity contribution in [2.75, 3.05) is 5.32 Å². The lowest BCUT2D eigenvalue weighted by molar-refractivity contribution is -0.112. The van der Waals surface area contributed by atoms with Crippen LogP contribution in [0.5, 0.6) is 0 Å². The van der Waals surface area contributed by atoms with Gasteiger partial charge in [0.1, 0.15) is 11.6 Å². The Morgan fingerprint density at radius 3 is 2.32 bits per heavy atom. The highest BCUT2D eigenvalue weighted by atomic mass is 35.5.